The fraction of sp³-hybridized carbons (Fsp3) is 0.357. The van der Waals surface area contributed by atoms with Crippen molar-refractivity contribution in [1.29, 1.82) is 0 Å². The maximum atomic E-state index is 5.62. The van der Waals surface area contributed by atoms with Crippen molar-refractivity contribution in [2.75, 3.05) is 12.3 Å². The van der Waals surface area contributed by atoms with Gasteiger partial charge < -0.3 is 10.3 Å². The van der Waals surface area contributed by atoms with Crippen LogP contribution in [0.25, 0.3) is 0 Å². The van der Waals surface area contributed by atoms with E-state index in [4.69, 9.17) is 5.73 Å². The van der Waals surface area contributed by atoms with Gasteiger partial charge in [0.15, 0.2) is 0 Å². The molecule has 0 bridgehead atoms. The second-order valence-electron chi connectivity index (χ2n) is 4.58. The average Bonchev–Trinajstić information content (AvgIpc) is 2.99. The van der Waals surface area contributed by atoms with Crippen molar-refractivity contribution < 1.29 is 0 Å². The van der Waals surface area contributed by atoms with Crippen LogP contribution >= 0.6 is 11.8 Å². The van der Waals surface area contributed by atoms with Crippen molar-refractivity contribution >= 4 is 11.8 Å². The Hall–Kier alpha value is -1.26. The minimum absolute atomic E-state index is 0.594. The quantitative estimate of drug-likeness (QED) is 0.916. The Kier molecular flexibility index (Phi) is 3.39. The van der Waals surface area contributed by atoms with Crippen LogP contribution in [0.1, 0.15) is 17.3 Å². The summed E-state index contributed by atoms with van der Waals surface area (Å²) in [6.45, 7) is 1.67. The zero-order chi connectivity index (χ0) is 12.4. The molecule has 0 aliphatic carbocycles. The van der Waals surface area contributed by atoms with Gasteiger partial charge in [0.1, 0.15) is 5.82 Å². The maximum absolute atomic E-state index is 5.62. The Bertz CT molecular complexity index is 535. The molecule has 0 spiro atoms. The van der Waals surface area contributed by atoms with Gasteiger partial charge in [-0.1, -0.05) is 18.2 Å². The van der Waals surface area contributed by atoms with Gasteiger partial charge in [0.2, 0.25) is 0 Å². The summed E-state index contributed by atoms with van der Waals surface area (Å²) in [6.07, 6.45) is 4.80. The summed E-state index contributed by atoms with van der Waals surface area (Å²) in [7, 11) is 0. The number of hydrogen-bond donors (Lipinski definition) is 1. The zero-order valence-corrected chi connectivity index (χ0v) is 11.1. The smallest absolute Gasteiger partial charge is 0.109 e. The number of aromatic nitrogens is 2. The van der Waals surface area contributed by atoms with E-state index in [1.165, 1.54) is 16.2 Å². The lowest BCUT2D eigenvalue weighted by Crippen LogP contribution is -2.14. The van der Waals surface area contributed by atoms with Gasteiger partial charge in [-0.2, -0.15) is 0 Å². The fourth-order valence-electron chi connectivity index (χ4n) is 2.48. The Balaban J connectivity index is 1.80. The van der Waals surface area contributed by atoms with Gasteiger partial charge >= 0.3 is 0 Å². The van der Waals surface area contributed by atoms with E-state index < -0.39 is 0 Å². The zero-order valence-electron chi connectivity index (χ0n) is 10.2. The normalized spacial score (nSPS) is 17.9. The van der Waals surface area contributed by atoms with Crippen molar-refractivity contribution in [1.82, 2.24) is 9.55 Å². The largest absolute Gasteiger partial charge is 0.334 e. The third kappa shape index (κ3) is 2.18. The lowest BCUT2D eigenvalue weighted by atomic mass is 10.0. The molecule has 0 radical (unpaired) electrons. The molecule has 2 aromatic rings. The standard InChI is InChI=1S/C14H17N3S/c15-6-5-14-16-7-8-17(14)9-11-10-18-13-4-2-1-3-12(11)13/h1-4,7-8,11H,5-6,9-10,15H2. The summed E-state index contributed by atoms with van der Waals surface area (Å²) in [6, 6.07) is 8.71. The molecule has 1 aliphatic heterocycles. The summed E-state index contributed by atoms with van der Waals surface area (Å²) >= 11 is 1.96. The van der Waals surface area contributed by atoms with Crippen molar-refractivity contribution in [3.63, 3.8) is 0 Å². The van der Waals surface area contributed by atoms with E-state index in [0.717, 1.165) is 18.8 Å². The molecular formula is C14H17N3S. The number of hydrogen-bond acceptors (Lipinski definition) is 3. The number of thioether (sulfide) groups is 1. The first-order valence-corrected chi connectivity index (χ1v) is 7.29. The Morgan fingerprint density at radius 1 is 1.39 bits per heavy atom. The summed E-state index contributed by atoms with van der Waals surface area (Å²) in [5.41, 5.74) is 7.10. The van der Waals surface area contributed by atoms with Crippen LogP contribution in [0.2, 0.25) is 0 Å². The number of rotatable bonds is 4. The van der Waals surface area contributed by atoms with Crippen LogP contribution in [0.4, 0.5) is 0 Å². The van der Waals surface area contributed by atoms with Gasteiger partial charge in [-0.05, 0) is 18.2 Å². The Morgan fingerprint density at radius 2 is 2.28 bits per heavy atom. The van der Waals surface area contributed by atoms with Gasteiger partial charge in [0.25, 0.3) is 0 Å². The monoisotopic (exact) mass is 259 g/mol. The number of benzene rings is 1. The Labute approximate surface area is 111 Å². The van der Waals surface area contributed by atoms with E-state index in [1.54, 1.807) is 0 Å². The van der Waals surface area contributed by atoms with Crippen molar-refractivity contribution in [2.24, 2.45) is 5.73 Å². The molecule has 1 atom stereocenters. The molecule has 0 saturated heterocycles. The molecule has 2 heterocycles. The third-order valence-corrected chi connectivity index (χ3v) is 4.64. The van der Waals surface area contributed by atoms with Gasteiger partial charge in [-0.15, -0.1) is 11.8 Å². The lowest BCUT2D eigenvalue weighted by Gasteiger charge is -2.13. The topological polar surface area (TPSA) is 43.8 Å². The minimum Gasteiger partial charge on any atom is -0.334 e. The highest BCUT2D eigenvalue weighted by Crippen LogP contribution is 2.40. The molecule has 3 rings (SSSR count). The van der Waals surface area contributed by atoms with E-state index in [2.05, 4.69) is 40.0 Å². The molecule has 4 heteroatoms. The van der Waals surface area contributed by atoms with Crippen LogP contribution < -0.4 is 5.73 Å². The molecular weight excluding hydrogens is 242 g/mol. The molecule has 0 fully saturated rings. The first-order valence-electron chi connectivity index (χ1n) is 6.30. The lowest BCUT2D eigenvalue weighted by molar-refractivity contribution is 0.578. The molecule has 0 saturated carbocycles. The highest BCUT2D eigenvalue weighted by Gasteiger charge is 2.23. The molecule has 1 aromatic heterocycles. The highest BCUT2D eigenvalue weighted by atomic mass is 32.2. The van der Waals surface area contributed by atoms with Crippen molar-refractivity contribution in [2.45, 2.75) is 23.8 Å². The van der Waals surface area contributed by atoms with Crippen molar-refractivity contribution in [3.05, 3.63) is 48.0 Å². The Morgan fingerprint density at radius 3 is 3.17 bits per heavy atom. The van der Waals surface area contributed by atoms with Gasteiger partial charge in [-0.3, -0.25) is 0 Å². The van der Waals surface area contributed by atoms with Crippen LogP contribution in [-0.4, -0.2) is 21.8 Å². The van der Waals surface area contributed by atoms with Crippen molar-refractivity contribution in [3.8, 4) is 0 Å². The molecule has 1 aromatic carbocycles. The molecule has 1 aliphatic rings. The first-order chi connectivity index (χ1) is 8.88. The number of fused-ring (bicyclic) bond motifs is 1. The van der Waals surface area contributed by atoms with E-state index >= 15 is 0 Å². The second kappa shape index (κ2) is 5.16. The van der Waals surface area contributed by atoms with Crippen LogP contribution in [-0.2, 0) is 13.0 Å². The van der Waals surface area contributed by atoms with E-state index in [-0.39, 0.29) is 0 Å². The predicted molar refractivity (Wildman–Crippen MR) is 74.9 cm³/mol. The van der Waals surface area contributed by atoms with Crippen LogP contribution in [0.15, 0.2) is 41.6 Å². The molecule has 18 heavy (non-hydrogen) atoms. The molecule has 94 valence electrons. The van der Waals surface area contributed by atoms with E-state index in [1.807, 2.05) is 18.0 Å². The number of imidazole rings is 1. The van der Waals surface area contributed by atoms with Gasteiger partial charge in [0, 0.05) is 41.9 Å². The first kappa shape index (κ1) is 11.8. The van der Waals surface area contributed by atoms with Crippen LogP contribution in [0.3, 0.4) is 0 Å². The van der Waals surface area contributed by atoms with E-state index in [9.17, 15) is 0 Å². The molecule has 1 unspecified atom stereocenters. The molecule has 0 amide bonds. The number of nitrogens with two attached hydrogens (primary N) is 1. The molecule has 2 N–H and O–H groups in total. The summed E-state index contributed by atoms with van der Waals surface area (Å²) in [5.74, 6) is 2.86. The van der Waals surface area contributed by atoms with Gasteiger partial charge in [-0.25, -0.2) is 4.98 Å². The summed E-state index contributed by atoms with van der Waals surface area (Å²) < 4.78 is 2.25. The SMILES string of the molecule is NCCc1nccn1CC1CSc2ccccc21. The van der Waals surface area contributed by atoms with Crippen LogP contribution in [0, 0.1) is 0 Å². The predicted octanol–water partition coefficient (Wildman–Crippen LogP) is 2.27. The summed E-state index contributed by atoms with van der Waals surface area (Å²) in [5, 5.41) is 0. The highest BCUT2D eigenvalue weighted by molar-refractivity contribution is 7.99. The molecule has 3 nitrogen and oxygen atoms in total. The number of nitrogens with zero attached hydrogens (tertiary/aromatic N) is 2. The third-order valence-electron chi connectivity index (χ3n) is 3.39. The second-order valence-corrected chi connectivity index (χ2v) is 5.64. The minimum atomic E-state index is 0.594. The van der Waals surface area contributed by atoms with Crippen LogP contribution in [0.5, 0.6) is 0 Å². The van der Waals surface area contributed by atoms with Gasteiger partial charge in [0.05, 0.1) is 0 Å². The van der Waals surface area contributed by atoms with E-state index in [0.29, 0.717) is 12.5 Å². The fourth-order valence-corrected chi connectivity index (χ4v) is 3.72. The average molecular weight is 259 g/mol. The maximum Gasteiger partial charge on any atom is 0.109 e. The summed E-state index contributed by atoms with van der Waals surface area (Å²) in [4.78, 5) is 5.81.